The van der Waals surface area contributed by atoms with Crippen molar-refractivity contribution in [3.05, 3.63) is 0 Å². The van der Waals surface area contributed by atoms with Crippen LogP contribution in [0.1, 0.15) is 52.4 Å². The quantitative estimate of drug-likeness (QED) is 0.798. The van der Waals surface area contributed by atoms with E-state index in [9.17, 15) is 8.42 Å². The molecule has 0 aromatic heterocycles. The zero-order valence-corrected chi connectivity index (χ0v) is 12.0. The average molecular weight is 261 g/mol. The van der Waals surface area contributed by atoms with Crippen molar-refractivity contribution in [2.45, 2.75) is 57.6 Å². The average Bonchev–Trinajstić information content (AvgIpc) is 2.29. The van der Waals surface area contributed by atoms with Gasteiger partial charge in [0.1, 0.15) is 0 Å². The van der Waals surface area contributed by atoms with E-state index < -0.39 is 9.84 Å². The predicted octanol–water partition coefficient (Wildman–Crippen LogP) is 2.35. The number of rotatable bonds is 6. The molecule has 0 saturated heterocycles. The first-order valence-corrected chi connectivity index (χ1v) is 8.68. The van der Waals surface area contributed by atoms with Crippen molar-refractivity contribution in [3.8, 4) is 0 Å². The third kappa shape index (κ3) is 3.95. The summed E-state index contributed by atoms with van der Waals surface area (Å²) >= 11 is 0. The molecule has 1 saturated carbocycles. The van der Waals surface area contributed by atoms with E-state index in [0.717, 1.165) is 32.1 Å². The van der Waals surface area contributed by atoms with Crippen LogP contribution in [0.5, 0.6) is 0 Å². The van der Waals surface area contributed by atoms with Gasteiger partial charge >= 0.3 is 0 Å². The van der Waals surface area contributed by atoms with Crippen LogP contribution in [0.2, 0.25) is 0 Å². The Morgan fingerprint density at radius 1 is 1.18 bits per heavy atom. The molecule has 1 rings (SSSR count). The fourth-order valence-electron chi connectivity index (χ4n) is 3.09. The van der Waals surface area contributed by atoms with Gasteiger partial charge in [0.15, 0.2) is 9.84 Å². The molecular weight excluding hydrogens is 234 g/mol. The second-order valence-corrected chi connectivity index (χ2v) is 7.71. The Labute approximate surface area is 106 Å². The molecule has 3 unspecified atom stereocenters. The SMILES string of the molecule is CCCC1CCC(CN)C(S(=O)(=O)CCC)C1. The summed E-state index contributed by atoms with van der Waals surface area (Å²) < 4.78 is 24.5. The predicted molar refractivity (Wildman–Crippen MR) is 72.7 cm³/mol. The maximum atomic E-state index is 12.2. The van der Waals surface area contributed by atoms with E-state index in [2.05, 4.69) is 6.92 Å². The van der Waals surface area contributed by atoms with Crippen LogP contribution in [-0.2, 0) is 9.84 Å². The number of hydrogen-bond donors (Lipinski definition) is 1. The molecule has 0 radical (unpaired) electrons. The van der Waals surface area contributed by atoms with Gasteiger partial charge in [0.25, 0.3) is 0 Å². The van der Waals surface area contributed by atoms with Gasteiger partial charge in [0, 0.05) is 0 Å². The van der Waals surface area contributed by atoms with Gasteiger partial charge in [-0.2, -0.15) is 0 Å². The second kappa shape index (κ2) is 6.74. The van der Waals surface area contributed by atoms with Crippen LogP contribution in [0.3, 0.4) is 0 Å². The van der Waals surface area contributed by atoms with E-state index in [1.807, 2.05) is 6.92 Å². The minimum atomic E-state index is -2.93. The molecule has 0 aromatic rings. The minimum absolute atomic E-state index is 0.169. The summed E-state index contributed by atoms with van der Waals surface area (Å²) in [5.74, 6) is 1.12. The van der Waals surface area contributed by atoms with E-state index in [-0.39, 0.29) is 11.2 Å². The summed E-state index contributed by atoms with van der Waals surface area (Å²) in [5.41, 5.74) is 5.74. The van der Waals surface area contributed by atoms with E-state index >= 15 is 0 Å². The van der Waals surface area contributed by atoms with E-state index in [1.54, 1.807) is 0 Å². The third-order valence-electron chi connectivity index (χ3n) is 3.99. The Kier molecular flexibility index (Phi) is 5.93. The number of nitrogens with two attached hydrogens (primary N) is 1. The van der Waals surface area contributed by atoms with Crippen LogP contribution in [0, 0.1) is 11.8 Å². The number of hydrogen-bond acceptors (Lipinski definition) is 3. The lowest BCUT2D eigenvalue weighted by Gasteiger charge is -2.35. The van der Waals surface area contributed by atoms with Crippen LogP contribution >= 0.6 is 0 Å². The summed E-state index contributed by atoms with van der Waals surface area (Å²) in [5, 5.41) is -0.169. The van der Waals surface area contributed by atoms with Gasteiger partial charge in [0.05, 0.1) is 11.0 Å². The molecule has 1 aliphatic carbocycles. The molecule has 102 valence electrons. The van der Waals surface area contributed by atoms with Crippen LogP contribution in [0.15, 0.2) is 0 Å². The van der Waals surface area contributed by atoms with Crippen molar-refractivity contribution in [2.75, 3.05) is 12.3 Å². The highest BCUT2D eigenvalue weighted by molar-refractivity contribution is 7.92. The van der Waals surface area contributed by atoms with Gasteiger partial charge in [-0.25, -0.2) is 8.42 Å². The highest BCUT2D eigenvalue weighted by Gasteiger charge is 2.37. The van der Waals surface area contributed by atoms with Crippen molar-refractivity contribution in [1.82, 2.24) is 0 Å². The van der Waals surface area contributed by atoms with Crippen molar-refractivity contribution in [2.24, 2.45) is 17.6 Å². The van der Waals surface area contributed by atoms with Crippen molar-refractivity contribution >= 4 is 9.84 Å². The van der Waals surface area contributed by atoms with E-state index in [4.69, 9.17) is 5.73 Å². The molecule has 0 amide bonds. The van der Waals surface area contributed by atoms with Gasteiger partial charge in [-0.1, -0.05) is 33.1 Å². The molecule has 1 aliphatic rings. The summed E-state index contributed by atoms with van der Waals surface area (Å²) in [6, 6.07) is 0. The zero-order chi connectivity index (χ0) is 12.9. The first kappa shape index (κ1) is 15.0. The summed E-state index contributed by atoms with van der Waals surface area (Å²) in [7, 11) is -2.93. The van der Waals surface area contributed by atoms with Crippen molar-refractivity contribution in [1.29, 1.82) is 0 Å². The largest absolute Gasteiger partial charge is 0.330 e. The fraction of sp³-hybridized carbons (Fsp3) is 1.00. The zero-order valence-electron chi connectivity index (χ0n) is 11.2. The fourth-order valence-corrected chi connectivity index (χ4v) is 5.36. The molecule has 17 heavy (non-hydrogen) atoms. The summed E-state index contributed by atoms with van der Waals surface area (Å²) in [6.45, 7) is 4.62. The highest BCUT2D eigenvalue weighted by atomic mass is 32.2. The first-order valence-electron chi connectivity index (χ1n) is 6.96. The lowest BCUT2D eigenvalue weighted by atomic mass is 9.80. The monoisotopic (exact) mass is 261 g/mol. The Morgan fingerprint density at radius 3 is 2.41 bits per heavy atom. The maximum Gasteiger partial charge on any atom is 0.153 e. The molecule has 3 nitrogen and oxygen atoms in total. The molecule has 3 atom stereocenters. The van der Waals surface area contributed by atoms with Crippen molar-refractivity contribution in [3.63, 3.8) is 0 Å². The summed E-state index contributed by atoms with van der Waals surface area (Å²) in [4.78, 5) is 0. The highest BCUT2D eigenvalue weighted by Crippen LogP contribution is 2.35. The minimum Gasteiger partial charge on any atom is -0.330 e. The normalized spacial score (nSPS) is 30.4. The van der Waals surface area contributed by atoms with Gasteiger partial charge in [-0.05, 0) is 37.6 Å². The molecule has 0 spiro atoms. The Hall–Kier alpha value is -0.0900. The maximum absolute atomic E-state index is 12.2. The van der Waals surface area contributed by atoms with Crippen molar-refractivity contribution < 1.29 is 8.42 Å². The smallest absolute Gasteiger partial charge is 0.153 e. The lowest BCUT2D eigenvalue weighted by molar-refractivity contribution is 0.268. The summed E-state index contributed by atoms with van der Waals surface area (Å²) in [6.07, 6.45) is 6.03. The van der Waals surface area contributed by atoms with Gasteiger partial charge in [-0.3, -0.25) is 0 Å². The third-order valence-corrected chi connectivity index (χ3v) is 6.46. The second-order valence-electron chi connectivity index (χ2n) is 5.37. The topological polar surface area (TPSA) is 60.2 Å². The van der Waals surface area contributed by atoms with Crippen LogP contribution in [0.4, 0.5) is 0 Å². The van der Waals surface area contributed by atoms with Crippen LogP contribution < -0.4 is 5.73 Å². The Balaban J connectivity index is 2.76. The first-order chi connectivity index (χ1) is 8.05. The standard InChI is InChI=1S/C13H27NO2S/c1-3-5-11-6-7-12(10-14)13(9-11)17(15,16)8-4-2/h11-13H,3-10,14H2,1-2H3. The molecule has 2 N–H and O–H groups in total. The van der Waals surface area contributed by atoms with Crippen LogP contribution in [-0.4, -0.2) is 26.0 Å². The molecule has 1 fully saturated rings. The van der Waals surface area contributed by atoms with Gasteiger partial charge in [0.2, 0.25) is 0 Å². The molecular formula is C13H27NO2S. The Morgan fingerprint density at radius 2 is 1.88 bits per heavy atom. The van der Waals surface area contributed by atoms with Gasteiger partial charge in [-0.15, -0.1) is 0 Å². The molecule has 0 heterocycles. The van der Waals surface area contributed by atoms with Crippen LogP contribution in [0.25, 0.3) is 0 Å². The molecule has 0 aromatic carbocycles. The molecule has 4 heteroatoms. The number of sulfone groups is 1. The lowest BCUT2D eigenvalue weighted by Crippen LogP contribution is -2.40. The Bertz CT molecular complexity index is 313. The molecule has 0 aliphatic heterocycles. The van der Waals surface area contributed by atoms with Gasteiger partial charge < -0.3 is 5.73 Å². The van der Waals surface area contributed by atoms with E-state index in [1.165, 1.54) is 0 Å². The molecule has 0 bridgehead atoms. The van der Waals surface area contributed by atoms with E-state index in [0.29, 0.717) is 24.6 Å².